The number of anilines is 1. The minimum atomic E-state index is -0.00544. The minimum Gasteiger partial charge on any atom is -0.326 e. The van der Waals surface area contributed by atoms with Crippen LogP contribution in [0.1, 0.15) is 12.0 Å². The topological polar surface area (TPSA) is 72.7 Å². The van der Waals surface area contributed by atoms with Crippen LogP contribution in [0.25, 0.3) is 5.69 Å². The summed E-state index contributed by atoms with van der Waals surface area (Å²) in [6.45, 7) is 1.95. The van der Waals surface area contributed by atoms with Crippen molar-refractivity contribution in [2.24, 2.45) is 0 Å². The molecule has 3 rings (SSSR count). The summed E-state index contributed by atoms with van der Waals surface area (Å²) in [6, 6.07) is 13.6. The number of hydrogen-bond acceptors (Lipinski definition) is 5. The van der Waals surface area contributed by atoms with Gasteiger partial charge in [-0.2, -0.15) is 0 Å². The SMILES string of the molecule is Cc1cc(NC(=O)CCSc2ccccc2Br)ccc1-n1cnnn1. The molecule has 0 aliphatic heterocycles. The number of nitrogens with zero attached hydrogens (tertiary/aromatic N) is 4. The predicted molar refractivity (Wildman–Crippen MR) is 102 cm³/mol. The van der Waals surface area contributed by atoms with E-state index in [0.29, 0.717) is 6.42 Å². The number of halogens is 1. The molecule has 0 unspecified atom stereocenters. The molecule has 1 N–H and O–H groups in total. The highest BCUT2D eigenvalue weighted by Gasteiger charge is 2.07. The summed E-state index contributed by atoms with van der Waals surface area (Å²) in [5.41, 5.74) is 2.63. The summed E-state index contributed by atoms with van der Waals surface area (Å²) in [7, 11) is 0. The predicted octanol–water partition coefficient (Wildman–Crippen LogP) is 3.85. The van der Waals surface area contributed by atoms with Crippen molar-refractivity contribution in [1.29, 1.82) is 0 Å². The maximum atomic E-state index is 12.1. The van der Waals surface area contributed by atoms with Gasteiger partial charge in [-0.25, -0.2) is 4.68 Å². The van der Waals surface area contributed by atoms with Crippen LogP contribution in [0.3, 0.4) is 0 Å². The van der Waals surface area contributed by atoms with Crippen LogP contribution < -0.4 is 5.32 Å². The molecule has 1 aromatic heterocycles. The van der Waals surface area contributed by atoms with Gasteiger partial charge >= 0.3 is 0 Å². The Kier molecular flexibility index (Phi) is 5.83. The van der Waals surface area contributed by atoms with Crippen molar-refractivity contribution in [2.45, 2.75) is 18.2 Å². The van der Waals surface area contributed by atoms with Crippen LogP contribution in [0.5, 0.6) is 0 Å². The van der Waals surface area contributed by atoms with Gasteiger partial charge in [0, 0.05) is 27.2 Å². The number of carbonyl (C=O) groups is 1. The van der Waals surface area contributed by atoms with E-state index in [1.54, 1.807) is 22.8 Å². The summed E-state index contributed by atoms with van der Waals surface area (Å²) in [4.78, 5) is 13.3. The second kappa shape index (κ2) is 8.26. The van der Waals surface area contributed by atoms with Crippen molar-refractivity contribution in [3.05, 3.63) is 58.8 Å². The Morgan fingerprint density at radius 2 is 2.12 bits per heavy atom. The molecule has 0 fully saturated rings. The van der Waals surface area contributed by atoms with E-state index in [0.717, 1.165) is 32.1 Å². The second-order valence-corrected chi connectivity index (χ2v) is 7.32. The number of rotatable bonds is 6. The van der Waals surface area contributed by atoms with Gasteiger partial charge < -0.3 is 5.32 Å². The molecule has 25 heavy (non-hydrogen) atoms. The van der Waals surface area contributed by atoms with E-state index in [2.05, 4.69) is 36.8 Å². The molecular formula is C17H16BrN5OS. The van der Waals surface area contributed by atoms with E-state index in [1.165, 1.54) is 0 Å². The Bertz CT molecular complexity index is 869. The molecule has 0 aliphatic carbocycles. The molecular weight excluding hydrogens is 402 g/mol. The fraction of sp³-hybridized carbons (Fsp3) is 0.176. The van der Waals surface area contributed by atoms with Gasteiger partial charge in [0.2, 0.25) is 5.91 Å². The number of thioether (sulfide) groups is 1. The van der Waals surface area contributed by atoms with Gasteiger partial charge in [-0.15, -0.1) is 16.9 Å². The molecule has 0 aliphatic rings. The monoisotopic (exact) mass is 417 g/mol. The lowest BCUT2D eigenvalue weighted by Gasteiger charge is -2.09. The molecule has 8 heteroatoms. The van der Waals surface area contributed by atoms with Crippen LogP contribution in [0.15, 0.2) is 58.2 Å². The Morgan fingerprint density at radius 1 is 1.28 bits per heavy atom. The lowest BCUT2D eigenvalue weighted by atomic mass is 10.2. The summed E-state index contributed by atoms with van der Waals surface area (Å²) in [5, 5.41) is 14.1. The molecule has 0 bridgehead atoms. The maximum Gasteiger partial charge on any atom is 0.225 e. The zero-order chi connectivity index (χ0) is 17.6. The normalized spacial score (nSPS) is 10.6. The molecule has 0 atom stereocenters. The van der Waals surface area contributed by atoms with Crippen molar-refractivity contribution in [2.75, 3.05) is 11.1 Å². The third-order valence-electron chi connectivity index (χ3n) is 3.50. The van der Waals surface area contributed by atoms with E-state index >= 15 is 0 Å². The van der Waals surface area contributed by atoms with Crippen LogP contribution in [-0.2, 0) is 4.79 Å². The summed E-state index contributed by atoms with van der Waals surface area (Å²) >= 11 is 5.17. The first-order chi connectivity index (χ1) is 12.1. The minimum absolute atomic E-state index is 0.00544. The van der Waals surface area contributed by atoms with Gasteiger partial charge in [0.1, 0.15) is 6.33 Å². The van der Waals surface area contributed by atoms with Crippen molar-refractivity contribution in [1.82, 2.24) is 20.2 Å². The van der Waals surface area contributed by atoms with Gasteiger partial charge in [-0.1, -0.05) is 12.1 Å². The molecule has 0 radical (unpaired) electrons. The highest BCUT2D eigenvalue weighted by Crippen LogP contribution is 2.27. The average molecular weight is 418 g/mol. The molecule has 2 aromatic carbocycles. The zero-order valence-electron chi connectivity index (χ0n) is 13.5. The fourth-order valence-corrected chi connectivity index (χ4v) is 3.82. The lowest BCUT2D eigenvalue weighted by Crippen LogP contribution is -2.12. The summed E-state index contributed by atoms with van der Waals surface area (Å²) < 4.78 is 2.64. The highest BCUT2D eigenvalue weighted by molar-refractivity contribution is 9.10. The second-order valence-electron chi connectivity index (χ2n) is 5.33. The Labute approximate surface area is 158 Å². The van der Waals surface area contributed by atoms with Crippen LogP contribution in [0.2, 0.25) is 0 Å². The molecule has 1 heterocycles. The largest absolute Gasteiger partial charge is 0.326 e. The molecule has 0 spiro atoms. The third kappa shape index (κ3) is 4.67. The first kappa shape index (κ1) is 17.6. The molecule has 0 saturated heterocycles. The van der Waals surface area contributed by atoms with Crippen LogP contribution in [0, 0.1) is 6.92 Å². The molecule has 3 aromatic rings. The zero-order valence-corrected chi connectivity index (χ0v) is 15.9. The van der Waals surface area contributed by atoms with Crippen LogP contribution in [-0.4, -0.2) is 31.9 Å². The Morgan fingerprint density at radius 3 is 2.84 bits per heavy atom. The molecule has 1 amide bonds. The van der Waals surface area contributed by atoms with Gasteiger partial charge in [-0.3, -0.25) is 4.79 Å². The number of amides is 1. The Balaban J connectivity index is 1.54. The first-order valence-electron chi connectivity index (χ1n) is 7.64. The summed E-state index contributed by atoms with van der Waals surface area (Å²) in [6.07, 6.45) is 1.99. The number of benzene rings is 2. The van der Waals surface area contributed by atoms with E-state index in [4.69, 9.17) is 0 Å². The molecule has 6 nitrogen and oxygen atoms in total. The Hall–Kier alpha value is -2.19. The van der Waals surface area contributed by atoms with Gasteiger partial charge in [-0.05, 0) is 69.2 Å². The average Bonchev–Trinajstić information content (AvgIpc) is 3.11. The number of tetrazole rings is 1. The van der Waals surface area contributed by atoms with Crippen molar-refractivity contribution in [3.8, 4) is 5.69 Å². The van der Waals surface area contributed by atoms with E-state index in [9.17, 15) is 4.79 Å². The number of nitrogens with one attached hydrogen (secondary N) is 1. The van der Waals surface area contributed by atoms with E-state index < -0.39 is 0 Å². The van der Waals surface area contributed by atoms with Crippen LogP contribution in [0.4, 0.5) is 5.69 Å². The maximum absolute atomic E-state index is 12.1. The quantitative estimate of drug-likeness (QED) is 0.616. The number of aromatic nitrogens is 4. The highest BCUT2D eigenvalue weighted by atomic mass is 79.9. The number of carbonyl (C=O) groups excluding carboxylic acids is 1. The van der Waals surface area contributed by atoms with Gasteiger partial charge in [0.25, 0.3) is 0 Å². The molecule has 128 valence electrons. The van der Waals surface area contributed by atoms with Gasteiger partial charge in [0.15, 0.2) is 0 Å². The van der Waals surface area contributed by atoms with Crippen molar-refractivity contribution < 1.29 is 4.79 Å². The van der Waals surface area contributed by atoms with Crippen LogP contribution >= 0.6 is 27.7 Å². The molecule has 0 saturated carbocycles. The smallest absolute Gasteiger partial charge is 0.225 e. The number of hydrogen-bond donors (Lipinski definition) is 1. The van der Waals surface area contributed by atoms with Crippen molar-refractivity contribution >= 4 is 39.3 Å². The number of aryl methyl sites for hydroxylation is 1. The lowest BCUT2D eigenvalue weighted by molar-refractivity contribution is -0.115. The summed E-state index contributed by atoms with van der Waals surface area (Å²) in [5.74, 6) is 0.713. The van der Waals surface area contributed by atoms with Gasteiger partial charge in [0.05, 0.1) is 5.69 Å². The fourth-order valence-electron chi connectivity index (χ4n) is 2.30. The van der Waals surface area contributed by atoms with E-state index in [-0.39, 0.29) is 5.91 Å². The van der Waals surface area contributed by atoms with E-state index in [1.807, 2.05) is 49.4 Å². The van der Waals surface area contributed by atoms with Crippen molar-refractivity contribution in [3.63, 3.8) is 0 Å². The third-order valence-corrected chi connectivity index (χ3v) is 5.53. The standard InChI is InChI=1S/C17H16BrN5OS/c1-12-10-13(6-7-15(12)23-11-19-21-22-23)20-17(24)8-9-25-16-5-3-2-4-14(16)18/h2-7,10-11H,8-9H2,1H3,(H,20,24). The first-order valence-corrected chi connectivity index (χ1v) is 9.42.